The maximum atomic E-state index is 13.1. The number of nitrogen functional groups attached to an aromatic ring is 1. The maximum Gasteiger partial charge on any atom is 0.338 e. The highest BCUT2D eigenvalue weighted by Gasteiger charge is 2.16. The molecule has 5 aromatic rings. The Kier molecular flexibility index (Phi) is 6.31. The second-order valence-corrected chi connectivity index (χ2v) is 8.00. The van der Waals surface area contributed by atoms with Gasteiger partial charge in [0.1, 0.15) is 11.8 Å². The molecular weight excluding hydrogens is 460 g/mol. The van der Waals surface area contributed by atoms with Gasteiger partial charge in [0.2, 0.25) is 0 Å². The van der Waals surface area contributed by atoms with E-state index in [0.29, 0.717) is 58.2 Å². The number of methoxy groups -OCH3 is 2. The summed E-state index contributed by atoms with van der Waals surface area (Å²) in [5.74, 6) is 1.10. The van der Waals surface area contributed by atoms with Crippen molar-refractivity contribution in [2.75, 3.05) is 26.6 Å². The minimum Gasteiger partial charge on any atom is -0.493 e. The van der Waals surface area contributed by atoms with Gasteiger partial charge in [-0.05, 0) is 36.8 Å². The Morgan fingerprint density at radius 2 is 1.83 bits per heavy atom. The summed E-state index contributed by atoms with van der Waals surface area (Å²) >= 11 is 0. The van der Waals surface area contributed by atoms with Crippen molar-refractivity contribution in [3.8, 4) is 22.8 Å². The van der Waals surface area contributed by atoms with Crippen LogP contribution >= 0.6 is 0 Å². The van der Waals surface area contributed by atoms with Gasteiger partial charge in [0.15, 0.2) is 23.0 Å². The second kappa shape index (κ2) is 9.87. The van der Waals surface area contributed by atoms with E-state index >= 15 is 0 Å². The van der Waals surface area contributed by atoms with E-state index in [4.69, 9.17) is 24.9 Å². The highest BCUT2D eigenvalue weighted by atomic mass is 16.5. The largest absolute Gasteiger partial charge is 0.493 e. The summed E-state index contributed by atoms with van der Waals surface area (Å²) < 4.78 is 18.3. The van der Waals surface area contributed by atoms with E-state index < -0.39 is 5.97 Å². The van der Waals surface area contributed by atoms with E-state index in [1.165, 1.54) is 6.33 Å². The molecule has 0 fully saturated rings. The number of aryl methyl sites for hydroxylation is 1. The molecule has 0 saturated carbocycles. The Hall–Kier alpha value is -4.73. The number of rotatable bonds is 8. The predicted molar refractivity (Wildman–Crippen MR) is 135 cm³/mol. The number of aromatic nitrogens is 5. The Morgan fingerprint density at radius 3 is 2.67 bits per heavy atom. The number of pyridine rings is 1. The number of hydrogen-bond donors (Lipinski definition) is 1. The van der Waals surface area contributed by atoms with Crippen molar-refractivity contribution in [2.24, 2.45) is 0 Å². The number of nitrogens with zero attached hydrogens (tertiary/aromatic N) is 5. The molecule has 36 heavy (non-hydrogen) atoms. The lowest BCUT2D eigenvalue weighted by atomic mass is 10.0. The van der Waals surface area contributed by atoms with Crippen molar-refractivity contribution < 1.29 is 19.0 Å². The molecule has 0 radical (unpaired) electrons. The fourth-order valence-electron chi connectivity index (χ4n) is 4.03. The van der Waals surface area contributed by atoms with Gasteiger partial charge in [-0.1, -0.05) is 18.2 Å². The number of para-hydroxylation sites is 1. The Bertz CT molecular complexity index is 1570. The van der Waals surface area contributed by atoms with Gasteiger partial charge < -0.3 is 24.5 Å². The number of hydrogen-bond acceptors (Lipinski definition) is 9. The number of carbonyl (C=O) groups excluding carboxylic acids is 1. The van der Waals surface area contributed by atoms with Gasteiger partial charge in [0, 0.05) is 17.5 Å². The SMILES string of the molecule is COc1ccc(-c2cc(C(=O)OCCCn3cnc4c(N)ncnc43)c3ccccc3n2)cc1OC. The van der Waals surface area contributed by atoms with Crippen molar-refractivity contribution in [2.45, 2.75) is 13.0 Å². The lowest BCUT2D eigenvalue weighted by Crippen LogP contribution is -2.10. The second-order valence-electron chi connectivity index (χ2n) is 8.00. The molecule has 0 aliphatic heterocycles. The first kappa shape index (κ1) is 23.0. The van der Waals surface area contributed by atoms with Crippen LogP contribution in [0.25, 0.3) is 33.3 Å². The van der Waals surface area contributed by atoms with Gasteiger partial charge in [0.25, 0.3) is 0 Å². The van der Waals surface area contributed by atoms with Crippen LogP contribution in [0.5, 0.6) is 11.5 Å². The minimum atomic E-state index is -0.419. The van der Waals surface area contributed by atoms with Crippen LogP contribution < -0.4 is 15.2 Å². The number of nitrogens with two attached hydrogens (primary N) is 1. The molecule has 0 spiro atoms. The molecule has 0 aliphatic carbocycles. The molecule has 3 heterocycles. The molecule has 182 valence electrons. The third-order valence-electron chi connectivity index (χ3n) is 5.82. The Morgan fingerprint density at radius 1 is 1.00 bits per heavy atom. The topological polar surface area (TPSA) is 127 Å². The average Bonchev–Trinajstić information content (AvgIpc) is 3.34. The fraction of sp³-hybridized carbons (Fsp3) is 0.192. The third kappa shape index (κ3) is 4.36. The van der Waals surface area contributed by atoms with Gasteiger partial charge in [-0.3, -0.25) is 0 Å². The molecule has 10 nitrogen and oxygen atoms in total. The number of benzene rings is 2. The van der Waals surface area contributed by atoms with Gasteiger partial charge in [-0.25, -0.2) is 24.7 Å². The molecular formula is C26H24N6O4. The van der Waals surface area contributed by atoms with E-state index in [0.717, 1.165) is 10.9 Å². The van der Waals surface area contributed by atoms with Gasteiger partial charge in [-0.15, -0.1) is 0 Å². The van der Waals surface area contributed by atoms with Crippen molar-refractivity contribution in [1.82, 2.24) is 24.5 Å². The Labute approximate surface area is 206 Å². The Balaban J connectivity index is 1.36. The molecule has 2 N–H and O–H groups in total. The normalized spacial score (nSPS) is 11.1. The van der Waals surface area contributed by atoms with Crippen LogP contribution in [0, 0.1) is 0 Å². The van der Waals surface area contributed by atoms with E-state index in [-0.39, 0.29) is 6.61 Å². The molecule has 0 aliphatic rings. The van der Waals surface area contributed by atoms with Crippen LogP contribution in [0.3, 0.4) is 0 Å². The third-order valence-corrected chi connectivity index (χ3v) is 5.82. The monoisotopic (exact) mass is 484 g/mol. The highest BCUT2D eigenvalue weighted by Crippen LogP contribution is 2.33. The summed E-state index contributed by atoms with van der Waals surface area (Å²) in [5, 5.41) is 0.722. The van der Waals surface area contributed by atoms with Gasteiger partial charge >= 0.3 is 5.97 Å². The zero-order chi connectivity index (χ0) is 25.1. The summed E-state index contributed by atoms with van der Waals surface area (Å²) in [6.45, 7) is 0.787. The zero-order valence-corrected chi connectivity index (χ0v) is 19.8. The van der Waals surface area contributed by atoms with Crippen LogP contribution in [0.1, 0.15) is 16.8 Å². The number of ether oxygens (including phenoxy) is 3. The molecule has 0 unspecified atom stereocenters. The van der Waals surface area contributed by atoms with Crippen LogP contribution in [0.4, 0.5) is 5.82 Å². The molecule has 0 saturated heterocycles. The van der Waals surface area contributed by atoms with Crippen molar-refractivity contribution in [1.29, 1.82) is 0 Å². The van der Waals surface area contributed by atoms with E-state index in [9.17, 15) is 4.79 Å². The lowest BCUT2D eigenvalue weighted by Gasteiger charge is -2.12. The fourth-order valence-corrected chi connectivity index (χ4v) is 4.03. The molecule has 2 aromatic carbocycles. The summed E-state index contributed by atoms with van der Waals surface area (Å²) in [7, 11) is 3.16. The quantitative estimate of drug-likeness (QED) is 0.258. The molecule has 5 rings (SSSR count). The van der Waals surface area contributed by atoms with Crippen LogP contribution in [-0.2, 0) is 11.3 Å². The van der Waals surface area contributed by atoms with Crippen LogP contribution in [0.15, 0.2) is 61.2 Å². The van der Waals surface area contributed by atoms with Crippen molar-refractivity contribution in [3.63, 3.8) is 0 Å². The lowest BCUT2D eigenvalue weighted by molar-refractivity contribution is 0.0498. The first-order valence-electron chi connectivity index (χ1n) is 11.3. The van der Waals surface area contributed by atoms with E-state index in [2.05, 4.69) is 15.0 Å². The summed E-state index contributed by atoms with van der Waals surface area (Å²) in [6, 6.07) is 14.7. The number of anilines is 1. The first-order chi connectivity index (χ1) is 17.6. The molecule has 0 amide bonds. The highest BCUT2D eigenvalue weighted by molar-refractivity contribution is 6.04. The van der Waals surface area contributed by atoms with E-state index in [1.807, 2.05) is 41.0 Å². The first-order valence-corrected chi connectivity index (χ1v) is 11.3. The van der Waals surface area contributed by atoms with E-state index in [1.54, 1.807) is 32.7 Å². The smallest absolute Gasteiger partial charge is 0.338 e. The predicted octanol–water partition coefficient (Wildman–Crippen LogP) is 3.89. The minimum absolute atomic E-state index is 0.224. The van der Waals surface area contributed by atoms with Crippen molar-refractivity contribution >= 4 is 33.9 Å². The molecule has 0 atom stereocenters. The summed E-state index contributed by atoms with van der Waals surface area (Å²) in [5.41, 5.74) is 9.60. The molecule has 3 aromatic heterocycles. The summed E-state index contributed by atoms with van der Waals surface area (Å²) in [4.78, 5) is 30.3. The number of fused-ring (bicyclic) bond motifs is 2. The van der Waals surface area contributed by atoms with Crippen LogP contribution in [0.2, 0.25) is 0 Å². The standard InChI is InChI=1S/C26H24N6O4/c1-34-21-9-8-16(12-22(21)35-2)20-13-18(17-6-3-4-7-19(17)31-20)26(33)36-11-5-10-32-15-30-23-24(27)28-14-29-25(23)32/h3-4,6-9,12-15H,5,10-11H2,1-2H3,(H2,27,28,29). The average molecular weight is 485 g/mol. The van der Waals surface area contributed by atoms with Gasteiger partial charge in [0.05, 0.1) is 43.9 Å². The number of imidazole rings is 1. The maximum absolute atomic E-state index is 13.1. The zero-order valence-electron chi connectivity index (χ0n) is 19.8. The number of esters is 1. The summed E-state index contributed by atoms with van der Waals surface area (Å²) in [6.07, 6.45) is 3.64. The number of carbonyl (C=O) groups is 1. The van der Waals surface area contributed by atoms with Crippen molar-refractivity contribution in [3.05, 3.63) is 66.7 Å². The molecule has 0 bridgehead atoms. The van der Waals surface area contributed by atoms with Crippen LogP contribution in [-0.4, -0.2) is 51.3 Å². The van der Waals surface area contributed by atoms with Gasteiger partial charge in [-0.2, -0.15) is 0 Å². The molecule has 10 heteroatoms.